The van der Waals surface area contributed by atoms with Crippen LogP contribution < -0.4 is 5.32 Å². The predicted octanol–water partition coefficient (Wildman–Crippen LogP) is 0.889. The maximum absolute atomic E-state index is 11.5. The van der Waals surface area contributed by atoms with Crippen LogP contribution in [0.1, 0.15) is 5.76 Å². The molecule has 1 saturated heterocycles. The molecule has 1 fully saturated rings. The van der Waals surface area contributed by atoms with E-state index in [4.69, 9.17) is 4.42 Å². The van der Waals surface area contributed by atoms with Gasteiger partial charge in [0.1, 0.15) is 5.76 Å². The molecule has 2 rings (SSSR count). The van der Waals surface area contributed by atoms with Crippen LogP contribution in [0.15, 0.2) is 44.0 Å². The highest BCUT2D eigenvalue weighted by molar-refractivity contribution is 8.18. The molecule has 1 aromatic rings. The van der Waals surface area contributed by atoms with E-state index in [-0.39, 0.29) is 10.1 Å². The van der Waals surface area contributed by atoms with Crippen LogP contribution in [0, 0.1) is 0 Å². The van der Waals surface area contributed by atoms with Crippen molar-refractivity contribution < 1.29 is 18.7 Å². The highest BCUT2D eigenvalue weighted by Crippen LogP contribution is 2.23. The first-order valence-corrected chi connectivity index (χ1v) is 5.94. The number of hydrogen-bond donors (Lipinski definition) is 1. The lowest BCUT2D eigenvalue weighted by Crippen LogP contribution is -2.19. The molecule has 0 atom stereocenters. The van der Waals surface area contributed by atoms with Crippen molar-refractivity contribution in [3.63, 3.8) is 0 Å². The number of thioether (sulfide) groups is 1. The fourth-order valence-corrected chi connectivity index (χ4v) is 1.88. The molecule has 0 spiro atoms. The SMILES string of the molecule is COC(=O)/C=C1\S/C(=N/N=C\c2ccco2)NC1=O. The molecule has 1 aromatic heterocycles. The quantitative estimate of drug-likeness (QED) is 0.384. The van der Waals surface area contributed by atoms with E-state index in [0.29, 0.717) is 5.76 Å². The minimum Gasteiger partial charge on any atom is -0.466 e. The largest absolute Gasteiger partial charge is 0.466 e. The van der Waals surface area contributed by atoms with Crippen LogP contribution in [0.4, 0.5) is 0 Å². The first-order chi connectivity index (χ1) is 9.19. The number of ether oxygens (including phenoxy) is 1. The Hall–Kier alpha value is -2.35. The zero-order valence-electron chi connectivity index (χ0n) is 9.82. The summed E-state index contributed by atoms with van der Waals surface area (Å²) in [4.78, 5) is 22.7. The second-order valence-electron chi connectivity index (χ2n) is 3.25. The number of nitrogens with one attached hydrogen (secondary N) is 1. The highest BCUT2D eigenvalue weighted by Gasteiger charge is 2.24. The normalized spacial score (nSPS) is 19.3. The zero-order valence-corrected chi connectivity index (χ0v) is 10.6. The molecule has 0 radical (unpaired) electrons. The summed E-state index contributed by atoms with van der Waals surface area (Å²) in [6.45, 7) is 0. The van der Waals surface area contributed by atoms with Crippen LogP contribution >= 0.6 is 11.8 Å². The van der Waals surface area contributed by atoms with Crippen molar-refractivity contribution in [1.29, 1.82) is 0 Å². The number of esters is 1. The van der Waals surface area contributed by atoms with Gasteiger partial charge in [0.05, 0.1) is 24.5 Å². The Bertz CT molecular complexity index is 575. The molecule has 2 heterocycles. The van der Waals surface area contributed by atoms with Gasteiger partial charge in [-0.1, -0.05) is 0 Å². The van der Waals surface area contributed by atoms with Crippen molar-refractivity contribution >= 4 is 35.0 Å². The van der Waals surface area contributed by atoms with Gasteiger partial charge < -0.3 is 9.15 Å². The molecule has 7 nitrogen and oxygen atoms in total. The number of carbonyl (C=O) groups is 2. The minimum absolute atomic E-state index is 0.207. The van der Waals surface area contributed by atoms with E-state index in [1.807, 2.05) is 0 Å². The Labute approximate surface area is 112 Å². The number of rotatable bonds is 3. The van der Waals surface area contributed by atoms with E-state index in [2.05, 4.69) is 20.3 Å². The van der Waals surface area contributed by atoms with Crippen LogP contribution in [0.2, 0.25) is 0 Å². The summed E-state index contributed by atoms with van der Waals surface area (Å²) < 4.78 is 9.46. The molecular weight excluding hydrogens is 270 g/mol. The van der Waals surface area contributed by atoms with Crippen molar-refractivity contribution in [3.05, 3.63) is 35.1 Å². The van der Waals surface area contributed by atoms with Crippen molar-refractivity contribution in [2.75, 3.05) is 7.11 Å². The van der Waals surface area contributed by atoms with Crippen LogP contribution in [-0.4, -0.2) is 30.4 Å². The number of methoxy groups -OCH3 is 1. The number of carbonyl (C=O) groups excluding carboxylic acids is 2. The van der Waals surface area contributed by atoms with E-state index in [9.17, 15) is 9.59 Å². The van der Waals surface area contributed by atoms with Gasteiger partial charge in [-0.05, 0) is 23.9 Å². The number of nitrogens with zero attached hydrogens (tertiary/aromatic N) is 2. The van der Waals surface area contributed by atoms with Crippen LogP contribution in [-0.2, 0) is 14.3 Å². The summed E-state index contributed by atoms with van der Waals surface area (Å²) in [5.74, 6) is -0.468. The summed E-state index contributed by atoms with van der Waals surface area (Å²) in [5.41, 5.74) is 0. The summed E-state index contributed by atoms with van der Waals surface area (Å²) in [6, 6.07) is 3.43. The van der Waals surface area contributed by atoms with Crippen molar-refractivity contribution in [1.82, 2.24) is 5.32 Å². The first kappa shape index (κ1) is 13.1. The van der Waals surface area contributed by atoms with E-state index >= 15 is 0 Å². The van der Waals surface area contributed by atoms with Gasteiger partial charge in [0.25, 0.3) is 5.91 Å². The molecule has 0 bridgehead atoms. The molecule has 1 N–H and O–H groups in total. The summed E-state index contributed by atoms with van der Waals surface area (Å²) in [5, 5.41) is 10.3. The molecule has 0 aliphatic carbocycles. The maximum atomic E-state index is 11.5. The van der Waals surface area contributed by atoms with Crippen LogP contribution in [0.25, 0.3) is 0 Å². The Balaban J connectivity index is 2.02. The molecule has 8 heteroatoms. The predicted molar refractivity (Wildman–Crippen MR) is 69.6 cm³/mol. The third kappa shape index (κ3) is 3.55. The Morgan fingerprint density at radius 3 is 3.11 bits per heavy atom. The van der Waals surface area contributed by atoms with Gasteiger partial charge in [-0.3, -0.25) is 10.1 Å². The van der Waals surface area contributed by atoms with Crippen LogP contribution in [0.3, 0.4) is 0 Å². The van der Waals surface area contributed by atoms with Crippen molar-refractivity contribution in [2.24, 2.45) is 10.2 Å². The fraction of sp³-hybridized carbons (Fsp3) is 0.0909. The Morgan fingerprint density at radius 1 is 1.58 bits per heavy atom. The van der Waals surface area contributed by atoms with Crippen LogP contribution in [0.5, 0.6) is 0 Å². The van der Waals surface area contributed by atoms with E-state index in [1.54, 1.807) is 12.1 Å². The third-order valence-electron chi connectivity index (χ3n) is 1.98. The summed E-state index contributed by atoms with van der Waals surface area (Å²) in [7, 11) is 1.24. The van der Waals surface area contributed by atoms with Gasteiger partial charge in [0, 0.05) is 6.08 Å². The number of amides is 1. The van der Waals surface area contributed by atoms with E-state index in [0.717, 1.165) is 17.8 Å². The molecule has 1 aliphatic rings. The first-order valence-electron chi connectivity index (χ1n) is 5.12. The topological polar surface area (TPSA) is 93.3 Å². The number of furan rings is 1. The van der Waals surface area contributed by atoms with Gasteiger partial charge in [-0.2, -0.15) is 5.10 Å². The zero-order chi connectivity index (χ0) is 13.7. The van der Waals surface area contributed by atoms with E-state index < -0.39 is 11.9 Å². The van der Waals surface area contributed by atoms with Gasteiger partial charge in [0.2, 0.25) is 0 Å². The highest BCUT2D eigenvalue weighted by atomic mass is 32.2. The molecule has 0 saturated carbocycles. The standard InChI is InChI=1S/C11H9N3O4S/c1-17-9(15)5-8-10(16)13-11(19-8)14-12-6-7-3-2-4-18-7/h2-6H,1H3,(H,13,14,16)/b8-5-,12-6-. The molecule has 98 valence electrons. The Morgan fingerprint density at radius 2 is 2.42 bits per heavy atom. The maximum Gasteiger partial charge on any atom is 0.331 e. The Kier molecular flexibility index (Phi) is 4.14. The molecule has 0 aromatic carbocycles. The lowest BCUT2D eigenvalue weighted by atomic mass is 10.4. The van der Waals surface area contributed by atoms with Crippen molar-refractivity contribution in [2.45, 2.75) is 0 Å². The fourth-order valence-electron chi connectivity index (χ4n) is 1.14. The minimum atomic E-state index is -0.599. The van der Waals surface area contributed by atoms with Gasteiger partial charge in [-0.25, -0.2) is 4.79 Å². The summed E-state index contributed by atoms with van der Waals surface area (Å²) >= 11 is 1.00. The average molecular weight is 279 g/mol. The third-order valence-corrected chi connectivity index (χ3v) is 2.88. The average Bonchev–Trinajstić information content (AvgIpc) is 3.00. The molecule has 19 heavy (non-hydrogen) atoms. The molecule has 1 amide bonds. The number of amidine groups is 1. The number of hydrogen-bond acceptors (Lipinski definition) is 7. The van der Waals surface area contributed by atoms with Gasteiger partial charge in [0.15, 0.2) is 5.17 Å². The van der Waals surface area contributed by atoms with Crippen molar-refractivity contribution in [3.8, 4) is 0 Å². The lowest BCUT2D eigenvalue weighted by Gasteiger charge is -1.90. The monoisotopic (exact) mass is 279 g/mol. The second kappa shape index (κ2) is 6.01. The lowest BCUT2D eigenvalue weighted by molar-refractivity contribution is -0.135. The summed E-state index contributed by atoms with van der Waals surface area (Å²) in [6.07, 6.45) is 4.01. The molecular formula is C11H9N3O4S. The molecule has 0 unspecified atom stereocenters. The smallest absolute Gasteiger partial charge is 0.331 e. The molecule has 1 aliphatic heterocycles. The van der Waals surface area contributed by atoms with Gasteiger partial charge in [-0.15, -0.1) is 5.10 Å². The van der Waals surface area contributed by atoms with E-state index in [1.165, 1.54) is 19.6 Å². The second-order valence-corrected chi connectivity index (χ2v) is 4.28. The van der Waals surface area contributed by atoms with Gasteiger partial charge >= 0.3 is 5.97 Å².